The number of aryl methyl sites for hydroxylation is 1. The summed E-state index contributed by atoms with van der Waals surface area (Å²) in [5.41, 5.74) is 4.49. The van der Waals surface area contributed by atoms with Crippen molar-refractivity contribution in [3.05, 3.63) is 89.0 Å². The Morgan fingerprint density at radius 2 is 1.70 bits per heavy atom. The molecular formula is C26H31O3P. The van der Waals surface area contributed by atoms with Gasteiger partial charge in [0.2, 0.25) is 0 Å². The summed E-state index contributed by atoms with van der Waals surface area (Å²) in [5, 5.41) is 11.0. The van der Waals surface area contributed by atoms with Gasteiger partial charge in [0, 0.05) is 10.7 Å². The smallest absolute Gasteiger partial charge is 0.165 e. The van der Waals surface area contributed by atoms with Crippen LogP contribution in [0.4, 0.5) is 0 Å². The van der Waals surface area contributed by atoms with Gasteiger partial charge in [0.25, 0.3) is 0 Å². The second-order valence-corrected chi connectivity index (χ2v) is 9.54. The van der Waals surface area contributed by atoms with Gasteiger partial charge in [-0.05, 0) is 41.4 Å². The van der Waals surface area contributed by atoms with Gasteiger partial charge in [-0.2, -0.15) is 0 Å². The van der Waals surface area contributed by atoms with Crippen LogP contribution in [0.5, 0.6) is 11.5 Å². The van der Waals surface area contributed by atoms with Gasteiger partial charge in [-0.3, -0.25) is 0 Å². The summed E-state index contributed by atoms with van der Waals surface area (Å²) in [6.45, 7) is 7.16. The third-order valence-electron chi connectivity index (χ3n) is 5.66. The van der Waals surface area contributed by atoms with Crippen molar-refractivity contribution in [3.8, 4) is 11.5 Å². The van der Waals surface area contributed by atoms with E-state index in [2.05, 4.69) is 45.0 Å². The SMILES string of the molecule is CCC(C)(Pc1c(C)cccc1CO)c1cccc(OC)c1OCc1ccccc1. The molecule has 2 atom stereocenters. The number of rotatable bonds is 9. The lowest BCUT2D eigenvalue weighted by atomic mass is 9.96. The van der Waals surface area contributed by atoms with Crippen molar-refractivity contribution in [1.29, 1.82) is 0 Å². The fraction of sp³-hybridized carbons (Fsp3) is 0.308. The molecule has 2 unspecified atom stereocenters. The summed E-state index contributed by atoms with van der Waals surface area (Å²) in [4.78, 5) is 0. The van der Waals surface area contributed by atoms with Crippen molar-refractivity contribution in [2.45, 2.75) is 45.6 Å². The van der Waals surface area contributed by atoms with E-state index < -0.39 is 0 Å². The monoisotopic (exact) mass is 422 g/mol. The first-order chi connectivity index (χ1) is 14.5. The molecule has 1 N–H and O–H groups in total. The number of methoxy groups -OCH3 is 1. The van der Waals surface area contributed by atoms with Gasteiger partial charge in [-0.1, -0.05) is 83.1 Å². The first-order valence-electron chi connectivity index (χ1n) is 10.3. The van der Waals surface area contributed by atoms with E-state index in [1.165, 1.54) is 10.9 Å². The largest absolute Gasteiger partial charge is 0.493 e. The van der Waals surface area contributed by atoms with Crippen molar-refractivity contribution < 1.29 is 14.6 Å². The van der Waals surface area contributed by atoms with Crippen LogP contribution in [-0.2, 0) is 18.4 Å². The van der Waals surface area contributed by atoms with E-state index in [1.807, 2.05) is 42.5 Å². The van der Waals surface area contributed by atoms with Crippen LogP contribution in [0.1, 0.15) is 42.5 Å². The summed E-state index contributed by atoms with van der Waals surface area (Å²) in [5.74, 6) is 1.56. The van der Waals surface area contributed by atoms with Gasteiger partial charge in [0.05, 0.1) is 13.7 Å². The molecular weight excluding hydrogens is 391 g/mol. The zero-order valence-electron chi connectivity index (χ0n) is 18.2. The molecule has 0 radical (unpaired) electrons. The van der Waals surface area contributed by atoms with Crippen LogP contribution < -0.4 is 14.8 Å². The van der Waals surface area contributed by atoms with Crippen molar-refractivity contribution in [1.82, 2.24) is 0 Å². The minimum atomic E-state index is -0.142. The molecule has 0 saturated heterocycles. The Labute approximate surface area is 181 Å². The number of hydrogen-bond donors (Lipinski definition) is 1. The van der Waals surface area contributed by atoms with Gasteiger partial charge < -0.3 is 14.6 Å². The minimum Gasteiger partial charge on any atom is -0.493 e. The molecule has 30 heavy (non-hydrogen) atoms. The molecule has 0 amide bonds. The van der Waals surface area contributed by atoms with Gasteiger partial charge in [-0.25, -0.2) is 0 Å². The van der Waals surface area contributed by atoms with E-state index in [0.717, 1.165) is 34.6 Å². The number of hydrogen-bond acceptors (Lipinski definition) is 3. The standard InChI is InChI=1S/C26H31O3P/c1-5-26(3,30-25-19(2)11-9-14-21(25)17-27)22-15-10-16-23(28-4)24(22)29-18-20-12-7-6-8-13-20/h6-16,27,30H,5,17-18H2,1-4H3. The van der Waals surface area contributed by atoms with Crippen molar-refractivity contribution >= 4 is 13.9 Å². The van der Waals surface area contributed by atoms with Gasteiger partial charge in [-0.15, -0.1) is 0 Å². The maximum atomic E-state index is 9.89. The second-order valence-electron chi connectivity index (χ2n) is 7.69. The summed E-state index contributed by atoms with van der Waals surface area (Å²) in [6, 6.07) is 22.5. The Morgan fingerprint density at radius 1 is 0.967 bits per heavy atom. The highest BCUT2D eigenvalue weighted by Gasteiger charge is 2.31. The lowest BCUT2D eigenvalue weighted by Crippen LogP contribution is -2.22. The first-order valence-corrected chi connectivity index (χ1v) is 11.3. The summed E-state index contributed by atoms with van der Waals surface area (Å²) >= 11 is 0. The summed E-state index contributed by atoms with van der Waals surface area (Å²) < 4.78 is 12.0. The van der Waals surface area contributed by atoms with E-state index in [1.54, 1.807) is 7.11 Å². The highest BCUT2D eigenvalue weighted by molar-refractivity contribution is 7.48. The zero-order valence-corrected chi connectivity index (χ0v) is 19.2. The molecule has 0 heterocycles. The van der Waals surface area contributed by atoms with E-state index in [0.29, 0.717) is 15.2 Å². The molecule has 0 aliphatic rings. The van der Waals surface area contributed by atoms with E-state index in [-0.39, 0.29) is 11.8 Å². The van der Waals surface area contributed by atoms with Crippen LogP contribution in [0.25, 0.3) is 0 Å². The predicted molar refractivity (Wildman–Crippen MR) is 126 cm³/mol. The first kappa shape index (κ1) is 22.3. The van der Waals surface area contributed by atoms with Crippen molar-refractivity contribution in [2.24, 2.45) is 0 Å². The number of aliphatic hydroxyl groups excluding tert-OH is 1. The molecule has 3 nitrogen and oxygen atoms in total. The molecule has 0 aliphatic carbocycles. The van der Waals surface area contributed by atoms with Crippen LogP contribution in [-0.4, -0.2) is 12.2 Å². The normalized spacial score (nSPS) is 13.4. The molecule has 0 saturated carbocycles. The van der Waals surface area contributed by atoms with Crippen LogP contribution in [0.15, 0.2) is 66.7 Å². The Morgan fingerprint density at radius 3 is 2.37 bits per heavy atom. The van der Waals surface area contributed by atoms with Crippen LogP contribution in [0.2, 0.25) is 0 Å². The molecule has 0 aromatic heterocycles. The number of aliphatic hydroxyl groups is 1. The molecule has 3 rings (SSSR count). The van der Waals surface area contributed by atoms with Gasteiger partial charge >= 0.3 is 0 Å². The van der Waals surface area contributed by atoms with Crippen LogP contribution in [0, 0.1) is 6.92 Å². The quantitative estimate of drug-likeness (QED) is 0.449. The molecule has 158 valence electrons. The molecule has 0 aliphatic heterocycles. The average molecular weight is 423 g/mol. The Hall–Kier alpha value is -2.35. The molecule has 3 aromatic carbocycles. The fourth-order valence-corrected chi connectivity index (χ4v) is 5.31. The highest BCUT2D eigenvalue weighted by atomic mass is 31.1. The highest BCUT2D eigenvalue weighted by Crippen LogP contribution is 2.50. The van der Waals surface area contributed by atoms with E-state index in [9.17, 15) is 5.11 Å². The number of benzene rings is 3. The maximum Gasteiger partial charge on any atom is 0.165 e. The van der Waals surface area contributed by atoms with E-state index in [4.69, 9.17) is 9.47 Å². The Balaban J connectivity index is 2.01. The maximum absolute atomic E-state index is 9.89. The van der Waals surface area contributed by atoms with Crippen molar-refractivity contribution in [3.63, 3.8) is 0 Å². The Kier molecular flexibility index (Phi) is 7.53. The topological polar surface area (TPSA) is 38.7 Å². The number of ether oxygens (including phenoxy) is 2. The lowest BCUT2D eigenvalue weighted by molar-refractivity contribution is 0.278. The summed E-state index contributed by atoms with van der Waals surface area (Å²) in [6.07, 6.45) is 0.944. The third-order valence-corrected chi connectivity index (χ3v) is 7.80. The number of para-hydroxylation sites is 1. The zero-order chi connectivity index (χ0) is 21.6. The second kappa shape index (κ2) is 10.1. The van der Waals surface area contributed by atoms with Crippen LogP contribution in [0.3, 0.4) is 0 Å². The molecule has 0 bridgehead atoms. The summed E-state index contributed by atoms with van der Waals surface area (Å²) in [7, 11) is 2.19. The minimum absolute atomic E-state index is 0.0548. The molecule has 3 aromatic rings. The molecule has 0 fully saturated rings. The predicted octanol–water partition coefficient (Wildman–Crippen LogP) is 5.70. The third kappa shape index (κ3) is 4.86. The fourth-order valence-electron chi connectivity index (χ4n) is 3.65. The lowest BCUT2D eigenvalue weighted by Gasteiger charge is -2.33. The molecule has 0 spiro atoms. The van der Waals surface area contributed by atoms with Gasteiger partial charge in [0.1, 0.15) is 6.61 Å². The van der Waals surface area contributed by atoms with Crippen molar-refractivity contribution in [2.75, 3.05) is 7.11 Å². The molecule has 4 heteroatoms. The average Bonchev–Trinajstić information content (AvgIpc) is 2.79. The van der Waals surface area contributed by atoms with E-state index >= 15 is 0 Å². The van der Waals surface area contributed by atoms with Gasteiger partial charge in [0.15, 0.2) is 11.5 Å². The van der Waals surface area contributed by atoms with Crippen LogP contribution >= 0.6 is 8.58 Å². The Bertz CT molecular complexity index is 971.